The monoisotopic (exact) mass is 272 g/mol. The molecule has 2 atom stereocenters. The van der Waals surface area contributed by atoms with Crippen molar-refractivity contribution in [1.82, 2.24) is 9.97 Å². The van der Waals surface area contributed by atoms with E-state index in [0.717, 1.165) is 12.8 Å². The Balaban J connectivity index is 2.18. The van der Waals surface area contributed by atoms with Crippen molar-refractivity contribution in [3.05, 3.63) is 21.6 Å². The fourth-order valence-corrected chi connectivity index (χ4v) is 2.15. The van der Waals surface area contributed by atoms with Crippen LogP contribution in [0.4, 0.5) is 11.5 Å². The first-order chi connectivity index (χ1) is 8.58. The third-order valence-corrected chi connectivity index (χ3v) is 3.06. The maximum Gasteiger partial charge on any atom is 0.348 e. The molecule has 2 heterocycles. The second-order valence-corrected chi connectivity index (χ2v) is 4.52. The van der Waals surface area contributed by atoms with E-state index in [9.17, 15) is 10.1 Å². The average molecular weight is 273 g/mol. The minimum absolute atomic E-state index is 0.0958. The second-order valence-electron chi connectivity index (χ2n) is 4.17. The number of hydrogen-bond acceptors (Lipinski definition) is 6. The molecule has 1 aliphatic rings. The summed E-state index contributed by atoms with van der Waals surface area (Å²) >= 11 is 5.71. The minimum atomic E-state index is -0.576. The summed E-state index contributed by atoms with van der Waals surface area (Å²) in [5, 5.41) is 13.8. The zero-order valence-corrected chi connectivity index (χ0v) is 10.6. The van der Waals surface area contributed by atoms with Crippen LogP contribution in [0.3, 0.4) is 0 Å². The molecule has 1 fully saturated rings. The van der Waals surface area contributed by atoms with Crippen LogP contribution in [0.25, 0.3) is 0 Å². The summed E-state index contributed by atoms with van der Waals surface area (Å²) in [7, 11) is 0. The number of nitrogens with one attached hydrogen (secondary N) is 1. The van der Waals surface area contributed by atoms with Crippen LogP contribution in [0.1, 0.15) is 19.8 Å². The molecule has 1 N–H and O–H groups in total. The first kappa shape index (κ1) is 13.0. The van der Waals surface area contributed by atoms with Gasteiger partial charge in [-0.3, -0.25) is 10.1 Å². The van der Waals surface area contributed by atoms with Crippen molar-refractivity contribution >= 4 is 23.1 Å². The lowest BCUT2D eigenvalue weighted by molar-refractivity contribution is -0.384. The lowest BCUT2D eigenvalue weighted by atomic mass is 10.0. The summed E-state index contributed by atoms with van der Waals surface area (Å²) in [6.45, 7) is 2.60. The Morgan fingerprint density at radius 1 is 1.61 bits per heavy atom. The van der Waals surface area contributed by atoms with E-state index in [4.69, 9.17) is 16.3 Å². The number of rotatable bonds is 3. The lowest BCUT2D eigenvalue weighted by Gasteiger charge is -2.28. The molecule has 0 spiro atoms. The number of nitrogens with zero attached hydrogens (tertiary/aromatic N) is 3. The SMILES string of the molecule is CC1CC(Nc2ncnc(Cl)c2[N+](=O)[O-])CCO1. The molecule has 0 saturated carbocycles. The molecule has 1 saturated heterocycles. The number of hydrogen-bond donors (Lipinski definition) is 1. The standard InChI is InChI=1S/C10H13ClN4O3/c1-6-4-7(2-3-18-6)14-10-8(15(16)17)9(11)12-5-13-10/h5-7H,2-4H2,1H3,(H,12,13,14). The van der Waals surface area contributed by atoms with E-state index < -0.39 is 4.92 Å². The summed E-state index contributed by atoms with van der Waals surface area (Å²) in [6.07, 6.45) is 2.90. The van der Waals surface area contributed by atoms with Gasteiger partial charge in [0, 0.05) is 12.6 Å². The summed E-state index contributed by atoms with van der Waals surface area (Å²) in [5.74, 6) is 0.166. The highest BCUT2D eigenvalue weighted by atomic mass is 35.5. The van der Waals surface area contributed by atoms with E-state index >= 15 is 0 Å². The molecule has 1 aromatic rings. The third-order valence-electron chi connectivity index (χ3n) is 2.79. The molecular weight excluding hydrogens is 260 g/mol. The molecule has 0 amide bonds. The van der Waals surface area contributed by atoms with Crippen LogP contribution in [-0.4, -0.2) is 33.6 Å². The Bertz CT molecular complexity index is 457. The molecule has 1 aromatic heterocycles. The van der Waals surface area contributed by atoms with E-state index in [1.807, 2.05) is 6.92 Å². The molecule has 0 aromatic carbocycles. The van der Waals surface area contributed by atoms with Crippen LogP contribution in [0.2, 0.25) is 5.15 Å². The fourth-order valence-electron chi connectivity index (χ4n) is 1.95. The molecular formula is C10H13ClN4O3. The van der Waals surface area contributed by atoms with Crippen molar-refractivity contribution in [2.75, 3.05) is 11.9 Å². The quantitative estimate of drug-likeness (QED) is 0.514. The zero-order chi connectivity index (χ0) is 13.1. The van der Waals surface area contributed by atoms with Gasteiger partial charge in [-0.15, -0.1) is 0 Å². The van der Waals surface area contributed by atoms with Gasteiger partial charge in [0.1, 0.15) is 6.33 Å². The van der Waals surface area contributed by atoms with Gasteiger partial charge in [-0.05, 0) is 19.8 Å². The van der Waals surface area contributed by atoms with E-state index in [-0.39, 0.29) is 28.8 Å². The van der Waals surface area contributed by atoms with Crippen molar-refractivity contribution in [2.24, 2.45) is 0 Å². The molecule has 98 valence electrons. The van der Waals surface area contributed by atoms with E-state index in [0.29, 0.717) is 6.61 Å². The topological polar surface area (TPSA) is 90.2 Å². The molecule has 2 rings (SSSR count). The Morgan fingerprint density at radius 3 is 3.06 bits per heavy atom. The number of nitro groups is 1. The maximum atomic E-state index is 10.9. The van der Waals surface area contributed by atoms with Gasteiger partial charge in [0.15, 0.2) is 0 Å². The van der Waals surface area contributed by atoms with Gasteiger partial charge in [0.2, 0.25) is 11.0 Å². The van der Waals surface area contributed by atoms with Crippen LogP contribution in [0.5, 0.6) is 0 Å². The van der Waals surface area contributed by atoms with Crippen LogP contribution in [0, 0.1) is 10.1 Å². The Morgan fingerprint density at radius 2 is 2.39 bits per heavy atom. The largest absolute Gasteiger partial charge is 0.378 e. The number of anilines is 1. The van der Waals surface area contributed by atoms with Gasteiger partial charge in [0.05, 0.1) is 11.0 Å². The molecule has 1 aliphatic heterocycles. The summed E-state index contributed by atoms with van der Waals surface area (Å²) < 4.78 is 5.41. The molecule has 18 heavy (non-hydrogen) atoms. The van der Waals surface area contributed by atoms with Gasteiger partial charge in [-0.25, -0.2) is 9.97 Å². The molecule has 0 radical (unpaired) electrons. The minimum Gasteiger partial charge on any atom is -0.378 e. The predicted molar refractivity (Wildman–Crippen MR) is 65.8 cm³/mol. The van der Waals surface area contributed by atoms with Crippen LogP contribution >= 0.6 is 11.6 Å². The maximum absolute atomic E-state index is 10.9. The molecule has 8 heteroatoms. The second kappa shape index (κ2) is 5.45. The van der Waals surface area contributed by atoms with Gasteiger partial charge in [0.25, 0.3) is 0 Å². The predicted octanol–water partition coefficient (Wildman–Crippen LogP) is 2.02. The zero-order valence-electron chi connectivity index (χ0n) is 9.80. The van der Waals surface area contributed by atoms with Gasteiger partial charge in [-0.2, -0.15) is 0 Å². The normalized spacial score (nSPS) is 23.7. The van der Waals surface area contributed by atoms with E-state index in [2.05, 4.69) is 15.3 Å². The van der Waals surface area contributed by atoms with Crippen LogP contribution in [-0.2, 0) is 4.74 Å². The molecule has 2 unspecified atom stereocenters. The van der Waals surface area contributed by atoms with Crippen LogP contribution in [0.15, 0.2) is 6.33 Å². The highest BCUT2D eigenvalue weighted by molar-refractivity contribution is 6.31. The first-order valence-corrected chi connectivity index (χ1v) is 5.98. The van der Waals surface area contributed by atoms with E-state index in [1.54, 1.807) is 0 Å². The smallest absolute Gasteiger partial charge is 0.348 e. The van der Waals surface area contributed by atoms with Crippen molar-refractivity contribution in [3.63, 3.8) is 0 Å². The van der Waals surface area contributed by atoms with Gasteiger partial charge < -0.3 is 10.1 Å². The lowest BCUT2D eigenvalue weighted by Crippen LogP contribution is -2.33. The van der Waals surface area contributed by atoms with Gasteiger partial charge in [-0.1, -0.05) is 11.6 Å². The fraction of sp³-hybridized carbons (Fsp3) is 0.600. The molecule has 0 aliphatic carbocycles. The highest BCUT2D eigenvalue weighted by Gasteiger charge is 2.26. The van der Waals surface area contributed by atoms with Crippen molar-refractivity contribution < 1.29 is 9.66 Å². The molecule has 0 bridgehead atoms. The van der Waals surface area contributed by atoms with Crippen molar-refractivity contribution in [1.29, 1.82) is 0 Å². The van der Waals surface area contributed by atoms with Gasteiger partial charge >= 0.3 is 5.69 Å². The Kier molecular flexibility index (Phi) is 3.93. The summed E-state index contributed by atoms with van der Waals surface area (Å²) in [5.41, 5.74) is -0.279. The van der Waals surface area contributed by atoms with E-state index in [1.165, 1.54) is 6.33 Å². The first-order valence-electron chi connectivity index (χ1n) is 5.61. The van der Waals surface area contributed by atoms with Crippen LogP contribution < -0.4 is 5.32 Å². The number of aromatic nitrogens is 2. The number of ether oxygens (including phenoxy) is 1. The average Bonchev–Trinajstić information content (AvgIpc) is 2.28. The molecule has 7 nitrogen and oxygen atoms in total. The van der Waals surface area contributed by atoms with Crippen molar-refractivity contribution in [2.45, 2.75) is 31.9 Å². The Hall–Kier alpha value is -1.47. The third kappa shape index (κ3) is 2.85. The summed E-state index contributed by atoms with van der Waals surface area (Å²) in [4.78, 5) is 17.9. The number of halogens is 1. The summed E-state index contributed by atoms with van der Waals surface area (Å²) in [6, 6.07) is 0.0958. The van der Waals surface area contributed by atoms with Crippen molar-refractivity contribution in [3.8, 4) is 0 Å². The Labute approximate surface area is 109 Å². The highest BCUT2D eigenvalue weighted by Crippen LogP contribution is 2.30.